The molecule has 0 saturated carbocycles. The molecule has 0 unspecified atom stereocenters. The molecule has 3 N–H and O–H groups in total. The number of aryl methyl sites for hydroxylation is 1. The van der Waals surface area contributed by atoms with Crippen molar-refractivity contribution in [1.82, 2.24) is 10.2 Å². The molecule has 0 atom stereocenters. The van der Waals surface area contributed by atoms with E-state index in [1.54, 1.807) is 43.4 Å². The zero-order valence-electron chi connectivity index (χ0n) is 16.5. The first-order chi connectivity index (χ1) is 13.9. The molecule has 0 spiro atoms. The summed E-state index contributed by atoms with van der Waals surface area (Å²) in [6, 6.07) is 14.2. The first-order valence-corrected chi connectivity index (χ1v) is 9.05. The number of anilines is 2. The Bertz CT molecular complexity index is 916. The van der Waals surface area contributed by atoms with Crippen molar-refractivity contribution < 1.29 is 14.4 Å². The van der Waals surface area contributed by atoms with E-state index in [9.17, 15) is 14.4 Å². The largest absolute Gasteiger partial charge is 0.376 e. The minimum atomic E-state index is -0.329. The van der Waals surface area contributed by atoms with Gasteiger partial charge in [-0.2, -0.15) is 0 Å². The third kappa shape index (κ3) is 6.70. The number of hydrogen-bond donors (Lipinski definition) is 3. The topological polar surface area (TPSA) is 90.5 Å². The second-order valence-electron chi connectivity index (χ2n) is 6.45. The van der Waals surface area contributed by atoms with Gasteiger partial charge in [0, 0.05) is 18.4 Å². The lowest BCUT2D eigenvalue weighted by Gasteiger charge is -2.18. The maximum absolute atomic E-state index is 12.4. The molecule has 2 rings (SSSR count). The predicted molar refractivity (Wildman–Crippen MR) is 114 cm³/mol. The van der Waals surface area contributed by atoms with E-state index >= 15 is 0 Å². The molecule has 0 fully saturated rings. The number of rotatable bonds is 8. The Morgan fingerprint density at radius 1 is 1.07 bits per heavy atom. The summed E-state index contributed by atoms with van der Waals surface area (Å²) in [6.07, 6.45) is 5.16. The first-order valence-electron chi connectivity index (χ1n) is 9.05. The molecule has 0 aromatic heterocycles. The summed E-state index contributed by atoms with van der Waals surface area (Å²) in [4.78, 5) is 38.0. The Balaban J connectivity index is 1.88. The lowest BCUT2D eigenvalue weighted by molar-refractivity contribution is -0.131. The number of terminal acetylenes is 1. The van der Waals surface area contributed by atoms with Gasteiger partial charge >= 0.3 is 0 Å². The van der Waals surface area contributed by atoms with Crippen molar-refractivity contribution in [2.75, 3.05) is 37.3 Å². The van der Waals surface area contributed by atoms with Crippen LogP contribution in [0.15, 0.2) is 48.5 Å². The van der Waals surface area contributed by atoms with Crippen LogP contribution in [0, 0.1) is 19.3 Å². The number of likely N-dealkylation sites (N-methyl/N-ethyl adjacent to an activating group) is 1. The van der Waals surface area contributed by atoms with Crippen molar-refractivity contribution in [3.05, 3.63) is 59.7 Å². The van der Waals surface area contributed by atoms with E-state index in [0.29, 0.717) is 16.9 Å². The molecule has 2 aromatic rings. The van der Waals surface area contributed by atoms with Gasteiger partial charge in [0.05, 0.1) is 25.2 Å². The van der Waals surface area contributed by atoms with Crippen LogP contribution in [-0.4, -0.2) is 49.3 Å². The van der Waals surface area contributed by atoms with E-state index in [0.717, 1.165) is 5.56 Å². The van der Waals surface area contributed by atoms with Gasteiger partial charge in [0.25, 0.3) is 5.91 Å². The Morgan fingerprint density at radius 2 is 1.76 bits per heavy atom. The van der Waals surface area contributed by atoms with Gasteiger partial charge in [-0.15, -0.1) is 6.42 Å². The number of nitrogens with one attached hydrogen (secondary N) is 3. The highest BCUT2D eigenvalue weighted by molar-refractivity contribution is 6.00. The fourth-order valence-electron chi connectivity index (χ4n) is 2.51. The molecule has 0 heterocycles. The van der Waals surface area contributed by atoms with Crippen molar-refractivity contribution in [2.24, 2.45) is 0 Å². The maximum Gasteiger partial charge on any atom is 0.254 e. The van der Waals surface area contributed by atoms with Crippen molar-refractivity contribution in [3.63, 3.8) is 0 Å². The van der Waals surface area contributed by atoms with E-state index in [-0.39, 0.29) is 37.4 Å². The van der Waals surface area contributed by atoms with Crippen LogP contribution in [0.5, 0.6) is 0 Å². The summed E-state index contributed by atoms with van der Waals surface area (Å²) in [6.45, 7) is 1.93. The van der Waals surface area contributed by atoms with Crippen molar-refractivity contribution in [3.8, 4) is 12.3 Å². The lowest BCUT2D eigenvalue weighted by atomic mass is 10.1. The Morgan fingerprint density at radius 3 is 2.45 bits per heavy atom. The minimum absolute atomic E-state index is 0.0618. The van der Waals surface area contributed by atoms with Crippen LogP contribution in [0.4, 0.5) is 11.4 Å². The fourth-order valence-corrected chi connectivity index (χ4v) is 2.51. The number of benzene rings is 2. The SMILES string of the molecule is C#CCNC(=O)c1ccccc1NCC(=O)N(C)CC(=O)Nc1ccc(C)cc1. The maximum atomic E-state index is 12.4. The molecule has 0 radical (unpaired) electrons. The van der Waals surface area contributed by atoms with Crippen LogP contribution in [0.25, 0.3) is 0 Å². The number of nitrogens with zero attached hydrogens (tertiary/aromatic N) is 1. The van der Waals surface area contributed by atoms with Gasteiger partial charge < -0.3 is 20.9 Å². The number of carbonyl (C=O) groups excluding carboxylic acids is 3. The van der Waals surface area contributed by atoms with Gasteiger partial charge in [-0.25, -0.2) is 0 Å². The molecule has 150 valence electrons. The van der Waals surface area contributed by atoms with Crippen molar-refractivity contribution in [2.45, 2.75) is 6.92 Å². The highest BCUT2D eigenvalue weighted by Crippen LogP contribution is 2.14. The van der Waals surface area contributed by atoms with E-state index < -0.39 is 0 Å². The van der Waals surface area contributed by atoms with Gasteiger partial charge in [0.2, 0.25) is 11.8 Å². The Labute approximate surface area is 170 Å². The summed E-state index contributed by atoms with van der Waals surface area (Å²) in [5.41, 5.74) is 2.66. The zero-order chi connectivity index (χ0) is 21.2. The van der Waals surface area contributed by atoms with Crippen LogP contribution in [0.3, 0.4) is 0 Å². The standard InChI is InChI=1S/C22H24N4O3/c1-4-13-23-22(29)18-7-5-6-8-19(18)24-14-21(28)26(3)15-20(27)25-17-11-9-16(2)10-12-17/h1,5-12,24H,13-15H2,2-3H3,(H,23,29)(H,25,27). The molecule has 0 aliphatic heterocycles. The van der Waals surface area contributed by atoms with Crippen molar-refractivity contribution in [1.29, 1.82) is 0 Å². The van der Waals surface area contributed by atoms with Crippen molar-refractivity contribution >= 4 is 29.1 Å². The molecular formula is C22H24N4O3. The van der Waals surface area contributed by atoms with E-state index in [1.807, 2.05) is 19.1 Å². The Hall–Kier alpha value is -3.79. The Kier molecular flexibility index (Phi) is 7.80. The zero-order valence-corrected chi connectivity index (χ0v) is 16.5. The molecule has 0 aliphatic rings. The molecule has 2 aromatic carbocycles. The highest BCUT2D eigenvalue weighted by atomic mass is 16.2. The van der Waals surface area contributed by atoms with Crippen LogP contribution >= 0.6 is 0 Å². The molecule has 29 heavy (non-hydrogen) atoms. The van der Waals surface area contributed by atoms with Crippen LogP contribution < -0.4 is 16.0 Å². The minimum Gasteiger partial charge on any atom is -0.376 e. The quantitative estimate of drug-likeness (QED) is 0.598. The third-order valence-electron chi connectivity index (χ3n) is 4.09. The van der Waals surface area contributed by atoms with Gasteiger partial charge in [0.1, 0.15) is 0 Å². The lowest BCUT2D eigenvalue weighted by Crippen LogP contribution is -2.38. The third-order valence-corrected chi connectivity index (χ3v) is 4.09. The molecule has 7 nitrogen and oxygen atoms in total. The molecule has 0 aliphatic carbocycles. The molecule has 3 amide bonds. The number of carbonyl (C=O) groups is 3. The summed E-state index contributed by atoms with van der Waals surface area (Å²) >= 11 is 0. The normalized spacial score (nSPS) is 9.83. The smallest absolute Gasteiger partial charge is 0.254 e. The van der Waals surface area contributed by atoms with E-state index in [2.05, 4.69) is 21.9 Å². The number of hydrogen-bond acceptors (Lipinski definition) is 4. The van der Waals surface area contributed by atoms with Crippen LogP contribution in [0.2, 0.25) is 0 Å². The number of amides is 3. The number of para-hydroxylation sites is 1. The molecule has 0 bridgehead atoms. The summed E-state index contributed by atoms with van der Waals surface area (Å²) < 4.78 is 0. The van der Waals surface area contributed by atoms with Crippen LogP contribution in [0.1, 0.15) is 15.9 Å². The summed E-state index contributed by atoms with van der Waals surface area (Å²) in [5, 5.41) is 8.28. The van der Waals surface area contributed by atoms with Gasteiger partial charge in [-0.05, 0) is 31.2 Å². The summed E-state index contributed by atoms with van der Waals surface area (Å²) in [7, 11) is 1.55. The molecule has 0 saturated heterocycles. The van der Waals surface area contributed by atoms with Gasteiger partial charge in [-0.3, -0.25) is 14.4 Å². The van der Waals surface area contributed by atoms with E-state index in [1.165, 1.54) is 4.90 Å². The molecular weight excluding hydrogens is 368 g/mol. The summed E-state index contributed by atoms with van der Waals surface area (Å²) in [5.74, 6) is 1.43. The second kappa shape index (κ2) is 10.5. The second-order valence-corrected chi connectivity index (χ2v) is 6.45. The van der Waals surface area contributed by atoms with E-state index in [4.69, 9.17) is 6.42 Å². The van der Waals surface area contributed by atoms with Gasteiger partial charge in [0.15, 0.2) is 0 Å². The average Bonchev–Trinajstić information content (AvgIpc) is 2.72. The van der Waals surface area contributed by atoms with Crippen LogP contribution in [-0.2, 0) is 9.59 Å². The highest BCUT2D eigenvalue weighted by Gasteiger charge is 2.15. The van der Waals surface area contributed by atoms with Gasteiger partial charge in [-0.1, -0.05) is 35.7 Å². The monoisotopic (exact) mass is 392 g/mol. The predicted octanol–water partition coefficient (Wildman–Crippen LogP) is 1.87. The first kappa shape index (κ1) is 21.5. The fraction of sp³-hybridized carbons (Fsp3) is 0.227. The average molecular weight is 392 g/mol. The molecule has 7 heteroatoms.